The van der Waals surface area contributed by atoms with Crippen molar-refractivity contribution in [2.24, 2.45) is 0 Å². The van der Waals surface area contributed by atoms with E-state index in [4.69, 9.17) is 4.74 Å². The summed E-state index contributed by atoms with van der Waals surface area (Å²) in [7, 11) is 1.68. The highest BCUT2D eigenvalue weighted by molar-refractivity contribution is 5.92. The molecule has 108 valence electrons. The van der Waals surface area contributed by atoms with Gasteiger partial charge in [-0.05, 0) is 31.4 Å². The van der Waals surface area contributed by atoms with Gasteiger partial charge in [-0.15, -0.1) is 10.2 Å². The Hall–Kier alpha value is -1.69. The number of rotatable bonds is 3. The molecule has 2 aliphatic heterocycles. The van der Waals surface area contributed by atoms with Crippen LogP contribution in [0.15, 0.2) is 12.1 Å². The molecule has 0 aromatic carbocycles. The van der Waals surface area contributed by atoms with Crippen LogP contribution in [0.5, 0.6) is 0 Å². The second-order valence-corrected chi connectivity index (χ2v) is 5.37. The van der Waals surface area contributed by atoms with Gasteiger partial charge in [-0.2, -0.15) is 0 Å². The summed E-state index contributed by atoms with van der Waals surface area (Å²) in [4.78, 5) is 16.3. The minimum atomic E-state index is -0.0509. The van der Waals surface area contributed by atoms with Crippen LogP contribution >= 0.6 is 0 Å². The molecule has 0 unspecified atom stereocenters. The summed E-state index contributed by atoms with van der Waals surface area (Å²) in [6.45, 7) is 3.44. The van der Waals surface area contributed by atoms with Crippen molar-refractivity contribution in [2.75, 3.05) is 38.2 Å². The van der Waals surface area contributed by atoms with Gasteiger partial charge in [0.25, 0.3) is 5.91 Å². The predicted molar refractivity (Wildman–Crippen MR) is 74.8 cm³/mol. The third kappa shape index (κ3) is 2.60. The first-order valence-electron chi connectivity index (χ1n) is 7.18. The van der Waals surface area contributed by atoms with Crippen molar-refractivity contribution in [1.82, 2.24) is 15.1 Å². The Kier molecular flexibility index (Phi) is 3.82. The number of anilines is 1. The Morgan fingerprint density at radius 3 is 2.65 bits per heavy atom. The third-order valence-electron chi connectivity index (χ3n) is 4.07. The van der Waals surface area contributed by atoms with Crippen LogP contribution in [0.1, 0.15) is 29.8 Å². The first-order valence-corrected chi connectivity index (χ1v) is 7.18. The summed E-state index contributed by atoms with van der Waals surface area (Å²) < 4.78 is 5.28. The maximum Gasteiger partial charge on any atom is 0.274 e. The summed E-state index contributed by atoms with van der Waals surface area (Å²) in [6.07, 6.45) is 3.45. The van der Waals surface area contributed by atoms with Gasteiger partial charge in [-0.3, -0.25) is 4.79 Å². The van der Waals surface area contributed by atoms with Gasteiger partial charge in [0, 0.05) is 33.3 Å². The van der Waals surface area contributed by atoms with E-state index in [1.165, 1.54) is 12.8 Å². The van der Waals surface area contributed by atoms with Crippen molar-refractivity contribution >= 4 is 11.7 Å². The lowest BCUT2D eigenvalue weighted by atomic mass is 10.3. The highest BCUT2D eigenvalue weighted by atomic mass is 16.5. The van der Waals surface area contributed by atoms with E-state index in [9.17, 15) is 4.79 Å². The van der Waals surface area contributed by atoms with Crippen LogP contribution < -0.4 is 4.90 Å². The lowest BCUT2D eigenvalue weighted by molar-refractivity contribution is 0.0718. The van der Waals surface area contributed by atoms with Gasteiger partial charge in [0.15, 0.2) is 11.5 Å². The van der Waals surface area contributed by atoms with Crippen molar-refractivity contribution in [3.8, 4) is 0 Å². The highest BCUT2D eigenvalue weighted by Gasteiger charge is 2.27. The highest BCUT2D eigenvalue weighted by Crippen LogP contribution is 2.18. The van der Waals surface area contributed by atoms with Crippen molar-refractivity contribution in [3.63, 3.8) is 0 Å². The van der Waals surface area contributed by atoms with Crippen molar-refractivity contribution in [3.05, 3.63) is 17.8 Å². The molecule has 2 saturated heterocycles. The van der Waals surface area contributed by atoms with Crippen molar-refractivity contribution < 1.29 is 9.53 Å². The summed E-state index contributed by atoms with van der Waals surface area (Å²) in [5.74, 6) is 0.820. The van der Waals surface area contributed by atoms with Gasteiger partial charge < -0.3 is 14.5 Å². The minimum Gasteiger partial charge on any atom is -0.380 e. The van der Waals surface area contributed by atoms with E-state index in [0.29, 0.717) is 12.2 Å². The molecule has 1 atom stereocenters. The number of nitrogens with zero attached hydrogens (tertiary/aromatic N) is 4. The van der Waals surface area contributed by atoms with Gasteiger partial charge in [-0.25, -0.2) is 0 Å². The number of hydrogen-bond acceptors (Lipinski definition) is 5. The average molecular weight is 276 g/mol. The molecule has 0 bridgehead atoms. The zero-order valence-electron chi connectivity index (χ0n) is 11.8. The fourth-order valence-corrected chi connectivity index (χ4v) is 2.82. The molecule has 0 spiro atoms. The third-order valence-corrected chi connectivity index (χ3v) is 4.07. The van der Waals surface area contributed by atoms with Gasteiger partial charge in [-0.1, -0.05) is 0 Å². The van der Waals surface area contributed by atoms with Crippen LogP contribution in [0.4, 0.5) is 5.82 Å². The number of carbonyl (C=O) groups is 1. The fourth-order valence-electron chi connectivity index (χ4n) is 2.82. The van der Waals surface area contributed by atoms with E-state index in [2.05, 4.69) is 15.1 Å². The monoisotopic (exact) mass is 276 g/mol. The van der Waals surface area contributed by atoms with Crippen LogP contribution in [0.3, 0.4) is 0 Å². The molecule has 0 aliphatic carbocycles. The molecule has 3 heterocycles. The molecule has 1 aromatic rings. The topological polar surface area (TPSA) is 58.6 Å². The molecular formula is C14H20N4O2. The van der Waals surface area contributed by atoms with Gasteiger partial charge in [0.2, 0.25) is 0 Å². The van der Waals surface area contributed by atoms with Crippen LogP contribution in [0.25, 0.3) is 0 Å². The largest absolute Gasteiger partial charge is 0.380 e. The standard InChI is InChI=1S/C14H20N4O2/c1-20-11-6-9-18(10-11)14(19)12-4-5-13(16-15-12)17-7-2-3-8-17/h4-5,11H,2-3,6-10H2,1H3/t11-/m1/s1. The van der Waals surface area contributed by atoms with E-state index < -0.39 is 0 Å². The molecule has 20 heavy (non-hydrogen) atoms. The number of hydrogen-bond donors (Lipinski definition) is 0. The van der Waals surface area contributed by atoms with Crippen LogP contribution in [-0.2, 0) is 4.74 Å². The first kappa shape index (κ1) is 13.3. The smallest absolute Gasteiger partial charge is 0.274 e. The minimum absolute atomic E-state index is 0.0509. The summed E-state index contributed by atoms with van der Waals surface area (Å²) in [5.41, 5.74) is 0.421. The number of methoxy groups -OCH3 is 1. The number of carbonyl (C=O) groups excluding carboxylic acids is 1. The molecule has 0 N–H and O–H groups in total. The maximum absolute atomic E-state index is 12.3. The molecular weight excluding hydrogens is 256 g/mol. The zero-order valence-corrected chi connectivity index (χ0v) is 11.8. The molecule has 2 aliphatic rings. The molecule has 1 aromatic heterocycles. The number of likely N-dealkylation sites (tertiary alicyclic amines) is 1. The second kappa shape index (κ2) is 5.75. The zero-order chi connectivity index (χ0) is 13.9. The molecule has 6 heteroatoms. The molecule has 6 nitrogen and oxygen atoms in total. The van der Waals surface area contributed by atoms with E-state index in [1.807, 2.05) is 6.07 Å². The van der Waals surface area contributed by atoms with Crippen LogP contribution in [0.2, 0.25) is 0 Å². The normalized spacial score (nSPS) is 22.6. The molecule has 3 rings (SSSR count). The van der Waals surface area contributed by atoms with Crippen molar-refractivity contribution in [2.45, 2.75) is 25.4 Å². The quantitative estimate of drug-likeness (QED) is 0.822. The van der Waals surface area contributed by atoms with Crippen molar-refractivity contribution in [1.29, 1.82) is 0 Å². The van der Waals surface area contributed by atoms with Crippen LogP contribution in [-0.4, -0.2) is 60.4 Å². The van der Waals surface area contributed by atoms with E-state index in [1.54, 1.807) is 18.1 Å². The van der Waals surface area contributed by atoms with Gasteiger partial charge >= 0.3 is 0 Å². The van der Waals surface area contributed by atoms with E-state index in [0.717, 1.165) is 31.9 Å². The Morgan fingerprint density at radius 2 is 2.05 bits per heavy atom. The Labute approximate surface area is 118 Å². The lowest BCUT2D eigenvalue weighted by Crippen LogP contribution is -2.31. The number of ether oxygens (including phenoxy) is 1. The maximum atomic E-state index is 12.3. The first-order chi connectivity index (χ1) is 9.78. The molecule has 0 radical (unpaired) electrons. The number of aromatic nitrogens is 2. The molecule has 0 saturated carbocycles. The van der Waals surface area contributed by atoms with E-state index in [-0.39, 0.29) is 12.0 Å². The Balaban J connectivity index is 1.66. The lowest BCUT2D eigenvalue weighted by Gasteiger charge is -2.17. The Bertz CT molecular complexity index is 471. The summed E-state index contributed by atoms with van der Waals surface area (Å²) in [6, 6.07) is 3.68. The molecule has 2 fully saturated rings. The number of amides is 1. The summed E-state index contributed by atoms with van der Waals surface area (Å²) >= 11 is 0. The van der Waals surface area contributed by atoms with E-state index >= 15 is 0 Å². The fraction of sp³-hybridized carbons (Fsp3) is 0.643. The Morgan fingerprint density at radius 1 is 1.25 bits per heavy atom. The molecule has 1 amide bonds. The predicted octanol–water partition coefficient (Wildman–Crippen LogP) is 0.938. The summed E-state index contributed by atoms with van der Waals surface area (Å²) in [5, 5.41) is 8.28. The van der Waals surface area contributed by atoms with Gasteiger partial charge in [0.05, 0.1) is 6.10 Å². The van der Waals surface area contributed by atoms with Gasteiger partial charge in [0.1, 0.15) is 0 Å². The average Bonchev–Trinajstić information content (AvgIpc) is 3.18. The SMILES string of the molecule is CO[C@@H]1CCN(C(=O)c2ccc(N3CCCC3)nn2)C1. The second-order valence-electron chi connectivity index (χ2n) is 5.37. The van der Waals surface area contributed by atoms with Crippen LogP contribution in [0, 0.1) is 0 Å².